The van der Waals surface area contributed by atoms with E-state index in [-0.39, 0.29) is 9.88 Å². The minimum atomic E-state index is -1.15. The smallest absolute Gasteiger partial charge is 0.267 e. The van der Waals surface area contributed by atoms with Gasteiger partial charge in [-0.05, 0) is 47.9 Å². The summed E-state index contributed by atoms with van der Waals surface area (Å²) < 4.78 is 26.3. The first-order valence-electron chi connectivity index (χ1n) is 6.53. The fourth-order valence-corrected chi connectivity index (χ4v) is 3.77. The molecule has 0 bridgehead atoms. The average molecular weight is 382 g/mol. The highest BCUT2D eigenvalue weighted by molar-refractivity contribution is 8.26. The third kappa shape index (κ3) is 3.37. The van der Waals surface area contributed by atoms with E-state index in [0.717, 1.165) is 39.8 Å². The molecule has 2 heterocycles. The van der Waals surface area contributed by atoms with Crippen LogP contribution in [0.4, 0.5) is 8.78 Å². The zero-order chi connectivity index (χ0) is 17.3. The van der Waals surface area contributed by atoms with E-state index in [1.54, 1.807) is 6.08 Å². The number of nitrogens with zero attached hydrogens (tertiary/aromatic N) is 1. The summed E-state index contributed by atoms with van der Waals surface area (Å²) >= 11 is 7.60. The summed E-state index contributed by atoms with van der Waals surface area (Å²) in [5.41, 5.74) is 2.19. The lowest BCUT2D eigenvalue weighted by atomic mass is 10.2. The van der Waals surface area contributed by atoms with Crippen LogP contribution in [-0.2, 0) is 4.79 Å². The van der Waals surface area contributed by atoms with E-state index < -0.39 is 23.4 Å². The molecule has 0 saturated carbocycles. The molecule has 1 aliphatic heterocycles. The number of carbonyl (C=O) groups is 2. The van der Waals surface area contributed by atoms with Crippen LogP contribution < -0.4 is 5.43 Å². The summed E-state index contributed by atoms with van der Waals surface area (Å²) in [4.78, 5) is 25.7. The molecule has 1 aromatic heterocycles. The summed E-state index contributed by atoms with van der Waals surface area (Å²) in [7, 11) is 0. The third-order valence-electron chi connectivity index (χ3n) is 3.01. The van der Waals surface area contributed by atoms with Gasteiger partial charge < -0.3 is 0 Å². The largest absolute Gasteiger partial charge is 0.285 e. The Labute approximate surface area is 149 Å². The molecular weight excluding hydrogens is 374 g/mol. The second-order valence-corrected chi connectivity index (χ2v) is 7.26. The first-order chi connectivity index (χ1) is 11.5. The van der Waals surface area contributed by atoms with Crippen LogP contribution in [0.2, 0.25) is 0 Å². The Bertz CT molecular complexity index is 866. The Kier molecular flexibility index (Phi) is 4.74. The van der Waals surface area contributed by atoms with Crippen molar-refractivity contribution in [2.75, 3.05) is 0 Å². The lowest BCUT2D eigenvalue weighted by Crippen LogP contribution is -2.44. The summed E-state index contributed by atoms with van der Waals surface area (Å²) in [5, 5.41) is 2.79. The third-order valence-corrected chi connectivity index (χ3v) is 5.13. The van der Waals surface area contributed by atoms with Crippen LogP contribution in [0.25, 0.3) is 6.08 Å². The van der Waals surface area contributed by atoms with Crippen molar-refractivity contribution >= 4 is 57.5 Å². The number of halogens is 2. The zero-order valence-electron chi connectivity index (χ0n) is 11.8. The summed E-state index contributed by atoms with van der Waals surface area (Å²) in [6, 6.07) is 6.40. The number of rotatable bonds is 3. The topological polar surface area (TPSA) is 49.4 Å². The maximum atomic E-state index is 13.2. The minimum Gasteiger partial charge on any atom is -0.267 e. The first kappa shape index (κ1) is 16.7. The Morgan fingerprint density at radius 3 is 2.71 bits per heavy atom. The Hall–Kier alpha value is -2.10. The monoisotopic (exact) mass is 382 g/mol. The number of amides is 2. The molecule has 1 aromatic carbocycles. The summed E-state index contributed by atoms with van der Waals surface area (Å²) in [6.45, 7) is 0. The van der Waals surface area contributed by atoms with Crippen LogP contribution in [0.5, 0.6) is 0 Å². The number of hydrazine groups is 1. The Morgan fingerprint density at radius 2 is 2.04 bits per heavy atom. The highest BCUT2D eigenvalue weighted by Crippen LogP contribution is 2.32. The molecule has 1 fully saturated rings. The summed E-state index contributed by atoms with van der Waals surface area (Å²) in [6.07, 6.45) is 1.67. The van der Waals surface area contributed by atoms with Gasteiger partial charge in [0.25, 0.3) is 11.8 Å². The van der Waals surface area contributed by atoms with E-state index in [9.17, 15) is 18.4 Å². The molecular formula is C15H8F2N2O2S3. The van der Waals surface area contributed by atoms with E-state index >= 15 is 0 Å². The lowest BCUT2D eigenvalue weighted by molar-refractivity contribution is -0.123. The maximum Gasteiger partial charge on any atom is 0.285 e. The molecule has 0 atom stereocenters. The van der Waals surface area contributed by atoms with E-state index in [2.05, 4.69) is 5.43 Å². The number of carbonyl (C=O) groups excluding carboxylic acids is 2. The molecule has 2 aromatic rings. The molecule has 9 heteroatoms. The van der Waals surface area contributed by atoms with Gasteiger partial charge in [0, 0.05) is 10.4 Å². The van der Waals surface area contributed by atoms with Crippen LogP contribution in [0.3, 0.4) is 0 Å². The quantitative estimate of drug-likeness (QED) is 0.651. The van der Waals surface area contributed by atoms with E-state index in [1.807, 2.05) is 17.5 Å². The fraction of sp³-hybridized carbons (Fsp3) is 0. The van der Waals surface area contributed by atoms with Crippen LogP contribution in [-0.4, -0.2) is 21.1 Å². The lowest BCUT2D eigenvalue weighted by Gasteiger charge is -2.15. The molecule has 0 spiro atoms. The Balaban J connectivity index is 1.77. The van der Waals surface area contributed by atoms with Gasteiger partial charge in [-0.25, -0.2) is 8.78 Å². The maximum absolute atomic E-state index is 13.2. The van der Waals surface area contributed by atoms with Crippen LogP contribution >= 0.6 is 35.3 Å². The van der Waals surface area contributed by atoms with Crippen molar-refractivity contribution in [2.24, 2.45) is 0 Å². The summed E-state index contributed by atoms with van der Waals surface area (Å²) in [5.74, 6) is -3.45. The van der Waals surface area contributed by atoms with E-state index in [4.69, 9.17) is 12.2 Å². The number of benzene rings is 1. The van der Waals surface area contributed by atoms with Gasteiger partial charge in [-0.15, -0.1) is 11.3 Å². The van der Waals surface area contributed by atoms with Crippen molar-refractivity contribution in [3.8, 4) is 0 Å². The van der Waals surface area contributed by atoms with Crippen LogP contribution in [0.15, 0.2) is 40.6 Å². The zero-order valence-corrected chi connectivity index (χ0v) is 14.2. The molecule has 24 heavy (non-hydrogen) atoms. The molecule has 0 radical (unpaired) electrons. The molecule has 1 saturated heterocycles. The number of thiophene rings is 1. The minimum absolute atomic E-state index is 0.120. The predicted molar refractivity (Wildman–Crippen MR) is 93.2 cm³/mol. The van der Waals surface area contributed by atoms with Gasteiger partial charge in [0.15, 0.2) is 16.0 Å². The molecule has 0 unspecified atom stereocenters. The van der Waals surface area contributed by atoms with E-state index in [1.165, 1.54) is 11.3 Å². The second-order valence-electron chi connectivity index (χ2n) is 4.60. The van der Waals surface area contributed by atoms with Gasteiger partial charge in [-0.1, -0.05) is 17.8 Å². The van der Waals surface area contributed by atoms with Gasteiger partial charge in [0.1, 0.15) is 0 Å². The fourth-order valence-electron chi connectivity index (χ4n) is 1.87. The van der Waals surface area contributed by atoms with Gasteiger partial charge in [-0.2, -0.15) is 5.01 Å². The number of hydrogen-bond donors (Lipinski definition) is 1. The number of nitrogens with one attached hydrogen (secondary N) is 1. The molecule has 0 aliphatic carbocycles. The molecule has 2 amide bonds. The first-order valence-corrected chi connectivity index (χ1v) is 8.63. The van der Waals surface area contributed by atoms with Crippen LogP contribution in [0.1, 0.15) is 15.2 Å². The van der Waals surface area contributed by atoms with Crippen molar-refractivity contribution in [3.05, 3.63) is 62.7 Å². The van der Waals surface area contributed by atoms with Crippen molar-refractivity contribution in [2.45, 2.75) is 0 Å². The van der Waals surface area contributed by atoms with Crippen molar-refractivity contribution in [3.63, 3.8) is 0 Å². The number of hydrogen-bond acceptors (Lipinski definition) is 5. The van der Waals surface area contributed by atoms with Crippen LogP contribution in [0, 0.1) is 11.6 Å². The standard InChI is InChI=1S/C15H8F2N2O2S3/c16-10-4-3-8(6-11(10)17)13(20)18-19-14(21)12(24-15(19)22)7-9-2-1-5-23-9/h1-7H,(H,18,20). The Morgan fingerprint density at radius 1 is 1.25 bits per heavy atom. The van der Waals surface area contributed by atoms with Crippen molar-refractivity contribution < 1.29 is 18.4 Å². The SMILES string of the molecule is O=C(NN1C(=O)C(=Cc2cccs2)SC1=S)c1ccc(F)c(F)c1. The number of thioether (sulfide) groups is 1. The van der Waals surface area contributed by atoms with Gasteiger partial charge in [0.2, 0.25) is 0 Å². The molecule has 1 N–H and O–H groups in total. The van der Waals surface area contributed by atoms with Crippen molar-refractivity contribution in [1.82, 2.24) is 10.4 Å². The average Bonchev–Trinajstić information content (AvgIpc) is 3.14. The van der Waals surface area contributed by atoms with Gasteiger partial charge >= 0.3 is 0 Å². The molecule has 1 aliphatic rings. The van der Waals surface area contributed by atoms with Gasteiger partial charge in [0.05, 0.1) is 4.91 Å². The predicted octanol–water partition coefficient (Wildman–Crippen LogP) is 3.57. The van der Waals surface area contributed by atoms with Gasteiger partial charge in [-0.3, -0.25) is 15.0 Å². The van der Waals surface area contributed by atoms with E-state index in [0.29, 0.717) is 4.91 Å². The molecule has 4 nitrogen and oxygen atoms in total. The number of thiocarbonyl (C=S) groups is 1. The second kappa shape index (κ2) is 6.80. The highest BCUT2D eigenvalue weighted by atomic mass is 32.2. The molecule has 3 rings (SSSR count). The normalized spacial score (nSPS) is 16.1. The highest BCUT2D eigenvalue weighted by Gasteiger charge is 2.33. The van der Waals surface area contributed by atoms with Crippen molar-refractivity contribution in [1.29, 1.82) is 0 Å². The molecule has 122 valence electrons.